The zero-order valence-corrected chi connectivity index (χ0v) is 12.8. The van der Waals surface area contributed by atoms with Crippen LogP contribution < -0.4 is 10.6 Å². The van der Waals surface area contributed by atoms with E-state index in [9.17, 15) is 18.0 Å². The monoisotopic (exact) mass is 309 g/mol. The Hall–Kier alpha value is -0.820. The summed E-state index contributed by atoms with van der Waals surface area (Å²) in [5.41, 5.74) is 0. The first-order valence-electron chi connectivity index (χ1n) is 7.64. The van der Waals surface area contributed by atoms with Crippen molar-refractivity contribution in [1.82, 2.24) is 15.5 Å². The summed E-state index contributed by atoms with van der Waals surface area (Å²) in [6.45, 7) is 5.51. The zero-order chi connectivity index (χ0) is 15.9. The van der Waals surface area contributed by atoms with E-state index in [0.29, 0.717) is 12.0 Å². The Morgan fingerprint density at radius 1 is 1.33 bits per heavy atom. The van der Waals surface area contributed by atoms with Gasteiger partial charge in [0.15, 0.2) is 0 Å². The van der Waals surface area contributed by atoms with E-state index in [-0.39, 0.29) is 6.54 Å². The first-order chi connectivity index (χ1) is 9.85. The van der Waals surface area contributed by atoms with Crippen LogP contribution in [-0.4, -0.2) is 55.7 Å². The molecule has 0 aromatic heterocycles. The quantitative estimate of drug-likeness (QED) is 0.753. The molecule has 124 valence electrons. The number of hydrogen-bond acceptors (Lipinski definition) is 3. The Kier molecular flexibility index (Phi) is 7.45. The maximum Gasteiger partial charge on any atom is 0.405 e. The lowest BCUT2D eigenvalue weighted by atomic mass is 9.90. The predicted molar refractivity (Wildman–Crippen MR) is 76.0 cm³/mol. The number of piperidine rings is 1. The summed E-state index contributed by atoms with van der Waals surface area (Å²) in [7, 11) is 0. The van der Waals surface area contributed by atoms with E-state index in [1.54, 1.807) is 0 Å². The van der Waals surface area contributed by atoms with Crippen LogP contribution in [0.1, 0.15) is 33.1 Å². The maximum absolute atomic E-state index is 12.0. The highest BCUT2D eigenvalue weighted by Gasteiger charge is 2.30. The molecule has 0 aromatic carbocycles. The fourth-order valence-corrected chi connectivity index (χ4v) is 2.72. The minimum atomic E-state index is -4.35. The van der Waals surface area contributed by atoms with Gasteiger partial charge in [0, 0.05) is 19.1 Å². The average molecular weight is 309 g/mol. The largest absolute Gasteiger partial charge is 0.405 e. The van der Waals surface area contributed by atoms with Crippen LogP contribution in [0.2, 0.25) is 0 Å². The highest BCUT2D eigenvalue weighted by molar-refractivity contribution is 5.78. The van der Waals surface area contributed by atoms with Crippen molar-refractivity contribution in [1.29, 1.82) is 0 Å². The molecule has 1 aliphatic rings. The van der Waals surface area contributed by atoms with Crippen molar-refractivity contribution in [2.24, 2.45) is 5.92 Å². The van der Waals surface area contributed by atoms with Crippen LogP contribution in [0.3, 0.4) is 0 Å². The van der Waals surface area contributed by atoms with Crippen LogP contribution in [0.15, 0.2) is 0 Å². The summed E-state index contributed by atoms with van der Waals surface area (Å²) >= 11 is 0. The van der Waals surface area contributed by atoms with E-state index < -0.39 is 18.6 Å². The first kappa shape index (κ1) is 18.2. The van der Waals surface area contributed by atoms with Crippen LogP contribution in [-0.2, 0) is 4.79 Å². The molecule has 0 spiro atoms. The molecule has 0 saturated carbocycles. The summed E-state index contributed by atoms with van der Waals surface area (Å²) in [5.74, 6) is -0.108. The molecule has 1 heterocycles. The standard InChI is InChI=1S/C14H26F3N3O/c1-3-6-18-12-5-7-20(8-11(12)4-2)9-13(21)19-10-14(15,16)17/h11-12,18H,3-10H2,1-2H3,(H,19,21). The molecule has 0 aliphatic carbocycles. The van der Waals surface area contributed by atoms with Crippen molar-refractivity contribution in [3.63, 3.8) is 0 Å². The molecule has 1 aliphatic heterocycles. The number of hydrogen-bond donors (Lipinski definition) is 2. The van der Waals surface area contributed by atoms with E-state index in [1.807, 2.05) is 10.2 Å². The highest BCUT2D eigenvalue weighted by Crippen LogP contribution is 2.20. The van der Waals surface area contributed by atoms with Gasteiger partial charge in [0.1, 0.15) is 6.54 Å². The van der Waals surface area contributed by atoms with Gasteiger partial charge in [-0.25, -0.2) is 0 Å². The van der Waals surface area contributed by atoms with E-state index >= 15 is 0 Å². The molecule has 1 saturated heterocycles. The highest BCUT2D eigenvalue weighted by atomic mass is 19.4. The fraction of sp³-hybridized carbons (Fsp3) is 0.929. The van der Waals surface area contributed by atoms with Crippen molar-refractivity contribution >= 4 is 5.91 Å². The lowest BCUT2D eigenvalue weighted by molar-refractivity contribution is -0.139. The van der Waals surface area contributed by atoms with Crippen LogP contribution in [0.4, 0.5) is 13.2 Å². The zero-order valence-electron chi connectivity index (χ0n) is 12.8. The molecule has 1 amide bonds. The molecule has 4 nitrogen and oxygen atoms in total. The lowest BCUT2D eigenvalue weighted by Crippen LogP contribution is -2.51. The number of carbonyl (C=O) groups excluding carboxylic acids is 1. The van der Waals surface area contributed by atoms with Gasteiger partial charge in [-0.15, -0.1) is 0 Å². The molecular formula is C14H26F3N3O. The minimum absolute atomic E-state index is 0.0487. The molecule has 0 bridgehead atoms. The van der Waals surface area contributed by atoms with Gasteiger partial charge in [-0.3, -0.25) is 9.69 Å². The van der Waals surface area contributed by atoms with Crippen LogP contribution in [0.25, 0.3) is 0 Å². The smallest absolute Gasteiger partial charge is 0.346 e. The average Bonchev–Trinajstić information content (AvgIpc) is 2.43. The van der Waals surface area contributed by atoms with E-state index in [0.717, 1.165) is 38.9 Å². The summed E-state index contributed by atoms with van der Waals surface area (Å²) in [4.78, 5) is 13.5. The molecule has 2 atom stereocenters. The van der Waals surface area contributed by atoms with Crippen LogP contribution >= 0.6 is 0 Å². The Morgan fingerprint density at radius 2 is 2.05 bits per heavy atom. The van der Waals surface area contributed by atoms with Gasteiger partial charge < -0.3 is 10.6 Å². The summed E-state index contributed by atoms with van der Waals surface area (Å²) in [6, 6.07) is 0.449. The predicted octanol–water partition coefficient (Wildman–Crippen LogP) is 1.76. The van der Waals surface area contributed by atoms with Crippen LogP contribution in [0, 0.1) is 5.92 Å². The Balaban J connectivity index is 2.36. The molecule has 1 rings (SSSR count). The summed E-state index contributed by atoms with van der Waals surface area (Å²) < 4.78 is 36.1. The lowest BCUT2D eigenvalue weighted by Gasteiger charge is -2.38. The van der Waals surface area contributed by atoms with Gasteiger partial charge in [0.2, 0.25) is 5.91 Å². The second-order valence-electron chi connectivity index (χ2n) is 5.64. The van der Waals surface area contributed by atoms with E-state index in [1.165, 1.54) is 0 Å². The minimum Gasteiger partial charge on any atom is -0.346 e. The third-order valence-electron chi connectivity index (χ3n) is 3.85. The molecule has 0 radical (unpaired) electrons. The maximum atomic E-state index is 12.0. The number of nitrogens with one attached hydrogen (secondary N) is 2. The molecule has 1 fully saturated rings. The van der Waals surface area contributed by atoms with Crippen molar-refractivity contribution < 1.29 is 18.0 Å². The third-order valence-corrected chi connectivity index (χ3v) is 3.85. The first-order valence-corrected chi connectivity index (χ1v) is 7.64. The van der Waals surface area contributed by atoms with Gasteiger partial charge in [-0.05, 0) is 25.3 Å². The second-order valence-corrected chi connectivity index (χ2v) is 5.64. The van der Waals surface area contributed by atoms with Gasteiger partial charge in [-0.1, -0.05) is 20.3 Å². The summed E-state index contributed by atoms with van der Waals surface area (Å²) in [6.07, 6.45) is -1.33. The van der Waals surface area contributed by atoms with Gasteiger partial charge in [0.25, 0.3) is 0 Å². The molecular weight excluding hydrogens is 283 g/mol. The Labute approximate surface area is 124 Å². The fourth-order valence-electron chi connectivity index (χ4n) is 2.72. The molecule has 21 heavy (non-hydrogen) atoms. The Bertz CT molecular complexity index is 323. The number of nitrogens with zero attached hydrogens (tertiary/aromatic N) is 1. The summed E-state index contributed by atoms with van der Waals surface area (Å²) in [5, 5.41) is 5.44. The van der Waals surface area contributed by atoms with Gasteiger partial charge >= 0.3 is 6.18 Å². The van der Waals surface area contributed by atoms with E-state index in [4.69, 9.17) is 0 Å². The molecule has 7 heteroatoms. The molecule has 0 aromatic rings. The van der Waals surface area contributed by atoms with Gasteiger partial charge in [0.05, 0.1) is 6.54 Å². The number of likely N-dealkylation sites (tertiary alicyclic amines) is 1. The number of carbonyl (C=O) groups is 1. The van der Waals surface area contributed by atoms with E-state index in [2.05, 4.69) is 19.2 Å². The topological polar surface area (TPSA) is 44.4 Å². The molecule has 2 unspecified atom stereocenters. The van der Waals surface area contributed by atoms with Crippen LogP contribution in [0.5, 0.6) is 0 Å². The van der Waals surface area contributed by atoms with Crippen molar-refractivity contribution in [2.45, 2.75) is 45.3 Å². The number of alkyl halides is 3. The second kappa shape index (κ2) is 8.58. The van der Waals surface area contributed by atoms with Crippen molar-refractivity contribution in [2.75, 3.05) is 32.7 Å². The molecule has 2 N–H and O–H groups in total. The van der Waals surface area contributed by atoms with Crippen molar-refractivity contribution in [3.05, 3.63) is 0 Å². The normalized spacial score (nSPS) is 24.0. The number of amides is 1. The van der Waals surface area contributed by atoms with Gasteiger partial charge in [-0.2, -0.15) is 13.2 Å². The number of halogens is 3. The Morgan fingerprint density at radius 3 is 2.62 bits per heavy atom. The third kappa shape index (κ3) is 7.13. The SMILES string of the molecule is CCCNC1CCN(CC(=O)NCC(F)(F)F)CC1CC. The number of rotatable bonds is 7. The van der Waals surface area contributed by atoms with Crippen molar-refractivity contribution in [3.8, 4) is 0 Å².